The highest BCUT2D eigenvalue weighted by Gasteiger charge is 2.61. The number of carboxylic acid groups (broad SMARTS) is 1. The van der Waals surface area contributed by atoms with Crippen molar-refractivity contribution in [1.82, 2.24) is 10.6 Å². The van der Waals surface area contributed by atoms with E-state index in [-0.39, 0.29) is 22.8 Å². The van der Waals surface area contributed by atoms with E-state index in [1.165, 1.54) is 0 Å². The van der Waals surface area contributed by atoms with Crippen LogP contribution in [0.3, 0.4) is 0 Å². The highest BCUT2D eigenvalue weighted by atomic mass is 28.4. The maximum Gasteiger partial charge on any atom is 0.408 e. The zero-order chi connectivity index (χ0) is 30.1. The third-order valence-corrected chi connectivity index (χ3v) is 13.5. The number of aliphatic carboxylic acids is 1. The number of ketones is 1. The van der Waals surface area contributed by atoms with Crippen LogP contribution in [0.4, 0.5) is 4.79 Å². The van der Waals surface area contributed by atoms with Gasteiger partial charge < -0.3 is 24.9 Å². The van der Waals surface area contributed by atoms with Gasteiger partial charge in [-0.05, 0) is 77.4 Å². The number of fused-ring (bicyclic) bond motifs is 2. The Kier molecular flexibility index (Phi) is 9.66. The second kappa shape index (κ2) is 12.0. The number of hydrogen-bond acceptors (Lipinski definition) is 6. The van der Waals surface area contributed by atoms with Crippen molar-refractivity contribution >= 4 is 32.1 Å². The molecule has 6 atom stereocenters. The fraction of sp³-hybridized carbons (Fsp3) is 0.800. The minimum atomic E-state index is -2.20. The van der Waals surface area contributed by atoms with Gasteiger partial charge in [-0.1, -0.05) is 45.8 Å². The molecule has 226 valence electrons. The van der Waals surface area contributed by atoms with Gasteiger partial charge in [-0.25, -0.2) is 9.59 Å². The predicted molar refractivity (Wildman–Crippen MR) is 155 cm³/mol. The number of Topliss-reactive ketones (excluding diaryl/α,β-unsaturated/α-hetero) is 1. The Bertz CT molecular complexity index is 1010. The first-order valence-corrected chi connectivity index (χ1v) is 17.7. The molecule has 2 amide bonds. The van der Waals surface area contributed by atoms with Gasteiger partial charge in [0.2, 0.25) is 5.91 Å². The van der Waals surface area contributed by atoms with Crippen molar-refractivity contribution in [2.24, 2.45) is 17.8 Å². The third kappa shape index (κ3) is 7.75. The molecule has 3 N–H and O–H groups in total. The summed E-state index contributed by atoms with van der Waals surface area (Å²) in [6.45, 7) is 16.0. The van der Waals surface area contributed by atoms with Crippen molar-refractivity contribution < 1.29 is 33.4 Å². The number of carbonyl (C=O) groups excluding carboxylic acids is 3. The molecule has 3 aliphatic rings. The van der Waals surface area contributed by atoms with Gasteiger partial charge in [-0.3, -0.25) is 9.59 Å². The average Bonchev–Trinajstić information content (AvgIpc) is 3.33. The Labute approximate surface area is 240 Å². The molecule has 3 rings (SSSR count). The Morgan fingerprint density at radius 1 is 1.05 bits per heavy atom. The van der Waals surface area contributed by atoms with Crippen molar-refractivity contribution in [2.75, 3.05) is 0 Å². The largest absolute Gasteiger partial charge is 0.479 e. The lowest BCUT2D eigenvalue weighted by atomic mass is 9.86. The summed E-state index contributed by atoms with van der Waals surface area (Å²) in [5.41, 5.74) is -2.06. The number of allylic oxidation sites excluding steroid dienone is 1. The standard InChI is InChI=1S/C30H50N2O7Si/c1-28(2,3)38-27(37)31-23-15-13-11-9-10-12-14-19-18-30(19,26(35)36)32-25(34)22-17-20(16-21(22)24(23)33)39-40(7,8)29(4,5)6/h12,14,19-23H,9-11,13,15-18H2,1-8H3,(H,31,37)(H,32,34)(H,35,36)/b14-12-/t19-,20+,21?,22-,23+,30-/m1/s1. The highest BCUT2D eigenvalue weighted by molar-refractivity contribution is 6.74. The van der Waals surface area contributed by atoms with E-state index < -0.39 is 55.3 Å². The number of hydrogen-bond donors (Lipinski definition) is 3. The Hall–Kier alpha value is -2.20. The second-order valence-corrected chi connectivity index (χ2v) is 19.2. The van der Waals surface area contributed by atoms with E-state index in [4.69, 9.17) is 9.16 Å². The quantitative estimate of drug-likeness (QED) is 0.303. The lowest BCUT2D eigenvalue weighted by Gasteiger charge is -2.38. The van der Waals surface area contributed by atoms with Gasteiger partial charge in [0.25, 0.3) is 0 Å². The molecule has 9 nitrogen and oxygen atoms in total. The zero-order valence-electron chi connectivity index (χ0n) is 25.6. The molecular weight excluding hydrogens is 528 g/mol. The summed E-state index contributed by atoms with van der Waals surface area (Å²) in [6, 6.07) is -0.801. The molecule has 0 aromatic rings. The third-order valence-electron chi connectivity index (χ3n) is 9.00. The number of nitrogens with one attached hydrogen (secondary N) is 2. The molecule has 2 aliphatic carbocycles. The van der Waals surface area contributed by atoms with E-state index in [2.05, 4.69) is 44.5 Å². The summed E-state index contributed by atoms with van der Waals surface area (Å²) in [7, 11) is -2.20. The SMILES string of the molecule is CC(C)(C)OC(=O)N[C@H]1CCCCC/C=C\[C@@H]2C[C@@]2(C(=O)O)NC(=O)[C@@H]2C[C@@H](O[Si](C)(C)C(C)(C)C)CC2C1=O. The van der Waals surface area contributed by atoms with Crippen LogP contribution >= 0.6 is 0 Å². The van der Waals surface area contributed by atoms with Crippen LogP contribution in [-0.2, 0) is 23.5 Å². The monoisotopic (exact) mass is 578 g/mol. The molecule has 1 aliphatic heterocycles. The number of amides is 2. The van der Waals surface area contributed by atoms with Gasteiger partial charge in [0.1, 0.15) is 11.1 Å². The van der Waals surface area contributed by atoms with E-state index in [1.54, 1.807) is 20.8 Å². The lowest BCUT2D eigenvalue weighted by molar-refractivity contribution is -0.144. The van der Waals surface area contributed by atoms with Crippen LogP contribution in [0, 0.1) is 17.8 Å². The molecule has 40 heavy (non-hydrogen) atoms. The van der Waals surface area contributed by atoms with Crippen molar-refractivity contribution in [1.29, 1.82) is 0 Å². The van der Waals surface area contributed by atoms with Crippen LogP contribution in [0.1, 0.15) is 92.9 Å². The number of carbonyl (C=O) groups is 4. The molecule has 1 unspecified atom stereocenters. The van der Waals surface area contributed by atoms with Crippen molar-refractivity contribution in [2.45, 2.75) is 134 Å². The van der Waals surface area contributed by atoms with E-state index in [0.717, 1.165) is 25.7 Å². The number of alkyl carbamates (subject to hydrolysis) is 1. The van der Waals surface area contributed by atoms with Crippen LogP contribution < -0.4 is 10.6 Å². The summed E-state index contributed by atoms with van der Waals surface area (Å²) < 4.78 is 12.1. The van der Waals surface area contributed by atoms with Gasteiger partial charge in [0, 0.05) is 17.9 Å². The first-order valence-electron chi connectivity index (χ1n) is 14.8. The van der Waals surface area contributed by atoms with E-state index >= 15 is 0 Å². The Morgan fingerprint density at radius 2 is 1.70 bits per heavy atom. The molecule has 0 aromatic heterocycles. The first kappa shape index (κ1) is 32.3. The molecule has 0 aromatic carbocycles. The average molecular weight is 579 g/mol. The van der Waals surface area contributed by atoms with Crippen LogP contribution in [0.2, 0.25) is 18.1 Å². The molecule has 0 spiro atoms. The number of rotatable bonds is 4. The minimum Gasteiger partial charge on any atom is -0.479 e. The van der Waals surface area contributed by atoms with Crippen LogP contribution in [0.15, 0.2) is 12.2 Å². The summed E-state index contributed by atoms with van der Waals surface area (Å²) in [6.07, 6.45) is 7.68. The maximum atomic E-state index is 14.1. The van der Waals surface area contributed by atoms with Gasteiger partial charge in [0.15, 0.2) is 14.1 Å². The van der Waals surface area contributed by atoms with Gasteiger partial charge in [-0.2, -0.15) is 0 Å². The molecule has 2 fully saturated rings. The van der Waals surface area contributed by atoms with E-state index in [0.29, 0.717) is 25.7 Å². The van der Waals surface area contributed by atoms with Gasteiger partial charge in [-0.15, -0.1) is 0 Å². The molecule has 0 radical (unpaired) electrons. The Balaban J connectivity index is 1.93. The molecule has 1 heterocycles. The smallest absolute Gasteiger partial charge is 0.408 e. The van der Waals surface area contributed by atoms with Crippen LogP contribution in [-0.4, -0.2) is 60.5 Å². The lowest BCUT2D eigenvalue weighted by Crippen LogP contribution is -2.50. The second-order valence-electron chi connectivity index (χ2n) is 14.4. The zero-order valence-corrected chi connectivity index (χ0v) is 26.6. The van der Waals surface area contributed by atoms with Crippen molar-refractivity contribution in [3.8, 4) is 0 Å². The summed E-state index contributed by atoms with van der Waals surface area (Å²) in [5.74, 6) is -3.40. The minimum absolute atomic E-state index is 0.0532. The number of ether oxygens (including phenoxy) is 1. The fourth-order valence-corrected chi connectivity index (χ4v) is 6.98. The van der Waals surface area contributed by atoms with Crippen molar-refractivity contribution in [3.05, 3.63) is 12.2 Å². The molecular formula is C30H50N2O7Si. The molecule has 0 bridgehead atoms. The summed E-state index contributed by atoms with van der Waals surface area (Å²) in [5, 5.41) is 15.6. The number of carboxylic acids is 1. The van der Waals surface area contributed by atoms with Gasteiger partial charge in [0.05, 0.1) is 12.0 Å². The molecule has 2 saturated carbocycles. The van der Waals surface area contributed by atoms with Crippen LogP contribution in [0.25, 0.3) is 0 Å². The highest BCUT2D eigenvalue weighted by Crippen LogP contribution is 2.47. The topological polar surface area (TPSA) is 131 Å². The predicted octanol–water partition coefficient (Wildman–Crippen LogP) is 5.35. The van der Waals surface area contributed by atoms with E-state index in [1.807, 2.05) is 12.2 Å². The van der Waals surface area contributed by atoms with Crippen LogP contribution in [0.5, 0.6) is 0 Å². The molecule has 0 saturated heterocycles. The molecule has 10 heteroatoms. The first-order chi connectivity index (χ1) is 18.4. The Morgan fingerprint density at radius 3 is 2.30 bits per heavy atom. The van der Waals surface area contributed by atoms with Crippen molar-refractivity contribution in [3.63, 3.8) is 0 Å². The maximum absolute atomic E-state index is 14.1. The fourth-order valence-electron chi connectivity index (χ4n) is 5.60. The summed E-state index contributed by atoms with van der Waals surface area (Å²) in [4.78, 5) is 52.8. The normalized spacial score (nSPS) is 33.0. The summed E-state index contributed by atoms with van der Waals surface area (Å²) >= 11 is 0. The van der Waals surface area contributed by atoms with Gasteiger partial charge >= 0.3 is 12.1 Å². The van der Waals surface area contributed by atoms with E-state index in [9.17, 15) is 24.3 Å².